The highest BCUT2D eigenvalue weighted by atomic mass is 79.9. The van der Waals surface area contributed by atoms with E-state index in [1.807, 2.05) is 6.92 Å². The van der Waals surface area contributed by atoms with E-state index in [0.717, 1.165) is 6.42 Å². The first-order chi connectivity index (χ1) is 15.0. The summed E-state index contributed by atoms with van der Waals surface area (Å²) in [5.74, 6) is -0.892. The number of nitrogens with zero attached hydrogens (tertiary/aromatic N) is 2. The minimum absolute atomic E-state index is 0.0332. The molecule has 0 saturated heterocycles. The van der Waals surface area contributed by atoms with Crippen molar-refractivity contribution in [2.24, 2.45) is 0 Å². The maximum Gasteiger partial charge on any atom is 0.410 e. The highest BCUT2D eigenvalue weighted by molar-refractivity contribution is 9.11. The Balaban J connectivity index is 2.11. The van der Waals surface area contributed by atoms with Gasteiger partial charge < -0.3 is 15.0 Å². The summed E-state index contributed by atoms with van der Waals surface area (Å²) in [6, 6.07) is 7.59. The van der Waals surface area contributed by atoms with E-state index < -0.39 is 17.5 Å². The Bertz CT molecular complexity index is 1030. The predicted octanol–water partition coefficient (Wildman–Crippen LogP) is 5.95. The fraction of sp³-hybridized carbons (Fsp3) is 0.435. The number of nitriles is 1. The molecule has 1 N–H and O–H groups in total. The zero-order chi connectivity index (χ0) is 24.1. The Morgan fingerprint density at radius 2 is 2.03 bits per heavy atom. The average molecular weight is 524 g/mol. The van der Waals surface area contributed by atoms with Gasteiger partial charge in [0.2, 0.25) is 0 Å². The molecule has 6 nitrogen and oxygen atoms in total. The lowest BCUT2D eigenvalue weighted by atomic mass is 10.1. The molecule has 32 heavy (non-hydrogen) atoms. The molecule has 2 aromatic rings. The minimum Gasteiger partial charge on any atom is -0.444 e. The van der Waals surface area contributed by atoms with E-state index in [9.17, 15) is 14.0 Å². The second-order valence-electron chi connectivity index (χ2n) is 8.35. The number of amides is 2. The van der Waals surface area contributed by atoms with Crippen LogP contribution in [0.4, 0.5) is 9.18 Å². The molecular weight excluding hydrogens is 497 g/mol. The Kier molecular flexibility index (Phi) is 8.81. The van der Waals surface area contributed by atoms with Crippen molar-refractivity contribution < 1.29 is 18.7 Å². The van der Waals surface area contributed by atoms with Crippen molar-refractivity contribution in [3.8, 4) is 17.2 Å². The lowest BCUT2D eigenvalue weighted by molar-refractivity contribution is 0.0212. The number of benzene rings is 1. The number of carbonyl (C=O) groups is 2. The Morgan fingerprint density at radius 3 is 2.59 bits per heavy atom. The number of rotatable bonds is 7. The number of hydrogen-bond donors (Lipinski definition) is 1. The molecule has 172 valence electrons. The van der Waals surface area contributed by atoms with E-state index in [1.165, 1.54) is 28.4 Å². The maximum absolute atomic E-state index is 14.0. The normalized spacial score (nSPS) is 12.1. The lowest BCUT2D eigenvalue weighted by Crippen LogP contribution is -2.46. The van der Waals surface area contributed by atoms with Crippen LogP contribution < -0.4 is 5.32 Å². The van der Waals surface area contributed by atoms with Crippen LogP contribution >= 0.6 is 27.3 Å². The number of nitrogens with one attached hydrogen (secondary N) is 1. The SMILES string of the molecule is CCC[C@H](CNC(=O)c1cc(-c2ccc(C#N)c(F)c2)c(Br)s1)N(C)C(=O)OC(C)(C)C. The molecule has 0 aliphatic heterocycles. The van der Waals surface area contributed by atoms with E-state index in [0.29, 0.717) is 26.2 Å². The largest absolute Gasteiger partial charge is 0.444 e. The van der Waals surface area contributed by atoms with Crippen LogP contribution in [-0.2, 0) is 4.74 Å². The Morgan fingerprint density at radius 1 is 1.34 bits per heavy atom. The highest BCUT2D eigenvalue weighted by Crippen LogP contribution is 2.36. The van der Waals surface area contributed by atoms with Crippen molar-refractivity contribution in [3.05, 3.63) is 44.3 Å². The maximum atomic E-state index is 14.0. The summed E-state index contributed by atoms with van der Waals surface area (Å²) >= 11 is 4.67. The molecule has 0 fully saturated rings. The van der Waals surface area contributed by atoms with Crippen molar-refractivity contribution in [1.82, 2.24) is 10.2 Å². The summed E-state index contributed by atoms with van der Waals surface area (Å²) < 4.78 is 20.1. The lowest BCUT2D eigenvalue weighted by Gasteiger charge is -2.30. The first kappa shape index (κ1) is 25.8. The Labute approximate surface area is 200 Å². The summed E-state index contributed by atoms with van der Waals surface area (Å²) in [6.45, 7) is 7.71. The molecule has 0 aliphatic rings. The minimum atomic E-state index is -0.610. The van der Waals surface area contributed by atoms with Gasteiger partial charge >= 0.3 is 6.09 Å². The number of hydrogen-bond acceptors (Lipinski definition) is 5. The van der Waals surface area contributed by atoms with Crippen molar-refractivity contribution in [2.75, 3.05) is 13.6 Å². The van der Waals surface area contributed by atoms with Gasteiger partial charge in [-0.05, 0) is 66.9 Å². The fourth-order valence-electron chi connectivity index (χ4n) is 3.00. The average Bonchev–Trinajstić information content (AvgIpc) is 3.10. The molecule has 0 bridgehead atoms. The molecule has 0 radical (unpaired) electrons. The van der Waals surface area contributed by atoms with Gasteiger partial charge in [-0.1, -0.05) is 19.4 Å². The molecule has 1 atom stereocenters. The van der Waals surface area contributed by atoms with Crippen LogP contribution in [0.1, 0.15) is 55.8 Å². The smallest absolute Gasteiger partial charge is 0.410 e. The van der Waals surface area contributed by atoms with E-state index in [4.69, 9.17) is 10.00 Å². The molecule has 1 heterocycles. The van der Waals surface area contributed by atoms with Crippen LogP contribution in [-0.4, -0.2) is 42.1 Å². The van der Waals surface area contributed by atoms with Gasteiger partial charge in [0.15, 0.2) is 0 Å². The third-order valence-corrected chi connectivity index (χ3v) is 6.50. The van der Waals surface area contributed by atoms with Gasteiger partial charge in [-0.3, -0.25) is 4.79 Å². The number of ether oxygens (including phenoxy) is 1. The van der Waals surface area contributed by atoms with Gasteiger partial charge in [-0.2, -0.15) is 5.26 Å². The third kappa shape index (κ3) is 6.78. The van der Waals surface area contributed by atoms with Crippen LogP contribution in [0.5, 0.6) is 0 Å². The quantitative estimate of drug-likeness (QED) is 0.485. The Hall–Kier alpha value is -2.44. The van der Waals surface area contributed by atoms with E-state index in [-0.39, 0.29) is 24.1 Å². The molecule has 0 saturated carbocycles. The van der Waals surface area contributed by atoms with Crippen LogP contribution in [0.2, 0.25) is 0 Å². The molecule has 1 aromatic heterocycles. The monoisotopic (exact) mass is 523 g/mol. The molecule has 1 aromatic carbocycles. The second kappa shape index (κ2) is 10.9. The van der Waals surface area contributed by atoms with Crippen molar-refractivity contribution in [2.45, 2.75) is 52.2 Å². The van der Waals surface area contributed by atoms with Crippen LogP contribution in [0.15, 0.2) is 28.1 Å². The van der Waals surface area contributed by atoms with Crippen LogP contribution in [0, 0.1) is 17.1 Å². The molecule has 0 spiro atoms. The highest BCUT2D eigenvalue weighted by Gasteiger charge is 2.26. The van der Waals surface area contributed by atoms with Crippen LogP contribution in [0.3, 0.4) is 0 Å². The number of likely N-dealkylation sites (N-methyl/N-ethyl adjacent to an activating group) is 1. The molecule has 0 aliphatic carbocycles. The van der Waals surface area contributed by atoms with E-state index in [2.05, 4.69) is 21.2 Å². The van der Waals surface area contributed by atoms with Gasteiger partial charge in [0.25, 0.3) is 5.91 Å². The first-order valence-corrected chi connectivity index (χ1v) is 11.8. The van der Waals surface area contributed by atoms with Crippen molar-refractivity contribution >= 4 is 39.3 Å². The second-order valence-corrected chi connectivity index (χ2v) is 10.7. The number of thiophene rings is 1. The molecule has 2 amide bonds. The summed E-state index contributed by atoms with van der Waals surface area (Å²) in [7, 11) is 1.67. The number of carbonyl (C=O) groups excluding carboxylic acids is 2. The van der Waals surface area contributed by atoms with Gasteiger partial charge in [-0.15, -0.1) is 11.3 Å². The zero-order valence-electron chi connectivity index (χ0n) is 18.8. The van der Waals surface area contributed by atoms with Gasteiger partial charge in [0, 0.05) is 19.2 Å². The summed E-state index contributed by atoms with van der Waals surface area (Å²) in [4.78, 5) is 27.1. The first-order valence-electron chi connectivity index (χ1n) is 10.2. The van der Waals surface area contributed by atoms with Gasteiger partial charge in [-0.25, -0.2) is 9.18 Å². The van der Waals surface area contributed by atoms with E-state index >= 15 is 0 Å². The zero-order valence-corrected chi connectivity index (χ0v) is 21.2. The van der Waals surface area contributed by atoms with Crippen molar-refractivity contribution in [1.29, 1.82) is 5.26 Å². The van der Waals surface area contributed by atoms with E-state index in [1.54, 1.807) is 46.0 Å². The molecule has 9 heteroatoms. The predicted molar refractivity (Wildman–Crippen MR) is 127 cm³/mol. The van der Waals surface area contributed by atoms with Gasteiger partial charge in [0.05, 0.1) is 20.3 Å². The molecule has 0 unspecified atom stereocenters. The van der Waals surface area contributed by atoms with Crippen molar-refractivity contribution in [3.63, 3.8) is 0 Å². The van der Waals surface area contributed by atoms with Gasteiger partial charge in [0.1, 0.15) is 17.5 Å². The fourth-order valence-corrected chi connectivity index (χ4v) is 4.69. The topological polar surface area (TPSA) is 82.4 Å². The summed E-state index contributed by atoms with van der Waals surface area (Å²) in [5.41, 5.74) is 0.599. The number of halogens is 2. The molecule has 2 rings (SSSR count). The standard InChI is InChI=1S/C23H27BrFN3O3S/c1-6-7-16(28(5)22(30)31-23(2,3)4)13-27-21(29)19-11-17(20(24)32-19)14-8-9-15(12-26)18(25)10-14/h8-11,16H,6-7,13H2,1-5H3,(H,27,29)/t16-/m1/s1. The molecular formula is C23H27BrFN3O3S. The summed E-state index contributed by atoms with van der Waals surface area (Å²) in [5, 5.41) is 11.8. The summed E-state index contributed by atoms with van der Waals surface area (Å²) in [6.07, 6.45) is 1.11. The third-order valence-electron chi connectivity index (χ3n) is 4.66. The van der Waals surface area contributed by atoms with Crippen LogP contribution in [0.25, 0.3) is 11.1 Å².